The topological polar surface area (TPSA) is 65.9 Å². The molecule has 6 heteroatoms. The molecule has 0 spiro atoms. The van der Waals surface area contributed by atoms with Crippen LogP contribution in [0.1, 0.15) is 63.9 Å². The van der Waals surface area contributed by atoms with Gasteiger partial charge in [-0.05, 0) is 51.5 Å². The van der Waals surface area contributed by atoms with Crippen LogP contribution in [0.25, 0.3) is 0 Å². The van der Waals surface area contributed by atoms with Crippen molar-refractivity contribution >= 4 is 29.9 Å². The highest BCUT2D eigenvalue weighted by atomic mass is 127. The van der Waals surface area contributed by atoms with E-state index in [0.717, 1.165) is 63.3 Å². The van der Waals surface area contributed by atoms with E-state index in [1.165, 1.54) is 18.4 Å². The maximum Gasteiger partial charge on any atom is 0.191 e. The van der Waals surface area contributed by atoms with E-state index in [1.54, 1.807) is 7.11 Å². The van der Waals surface area contributed by atoms with E-state index < -0.39 is 0 Å². The van der Waals surface area contributed by atoms with E-state index in [4.69, 9.17) is 9.73 Å². The summed E-state index contributed by atoms with van der Waals surface area (Å²) in [5.74, 6) is 1.88. The lowest BCUT2D eigenvalue weighted by molar-refractivity contribution is 0.120. The summed E-state index contributed by atoms with van der Waals surface area (Å²) in [5, 5.41) is 16.7. The molecule has 0 atom stereocenters. The van der Waals surface area contributed by atoms with Gasteiger partial charge < -0.3 is 20.5 Å². The lowest BCUT2D eigenvalue weighted by Crippen LogP contribution is -2.46. The second kappa shape index (κ2) is 11.2. The smallest absolute Gasteiger partial charge is 0.191 e. The Bertz CT molecular complexity index is 624. The average molecular weight is 501 g/mol. The average Bonchev–Trinajstić information content (AvgIpc) is 3.18. The number of ether oxygens (including phenoxy) is 1. The van der Waals surface area contributed by atoms with Gasteiger partial charge in [0.1, 0.15) is 5.75 Å². The van der Waals surface area contributed by atoms with Gasteiger partial charge in [-0.1, -0.05) is 31.0 Å². The highest BCUT2D eigenvalue weighted by molar-refractivity contribution is 14.0. The number of para-hydroxylation sites is 1. The van der Waals surface area contributed by atoms with Gasteiger partial charge in [0.2, 0.25) is 0 Å². The monoisotopic (exact) mass is 501 g/mol. The zero-order valence-corrected chi connectivity index (χ0v) is 19.6. The number of benzene rings is 1. The van der Waals surface area contributed by atoms with Gasteiger partial charge in [-0.2, -0.15) is 0 Å². The van der Waals surface area contributed by atoms with Crippen molar-refractivity contribution in [2.45, 2.75) is 75.9 Å². The molecule has 0 aliphatic heterocycles. The van der Waals surface area contributed by atoms with Crippen molar-refractivity contribution in [2.24, 2.45) is 4.99 Å². The quantitative estimate of drug-likeness (QED) is 0.314. The van der Waals surface area contributed by atoms with E-state index in [1.807, 2.05) is 6.07 Å². The molecule has 1 aromatic carbocycles. The van der Waals surface area contributed by atoms with Crippen LogP contribution in [0.3, 0.4) is 0 Å². The summed E-state index contributed by atoms with van der Waals surface area (Å²) >= 11 is 0. The Kier molecular flexibility index (Phi) is 9.34. The van der Waals surface area contributed by atoms with E-state index in [2.05, 4.69) is 35.8 Å². The fraction of sp³-hybridized carbons (Fsp3) is 0.682. The van der Waals surface area contributed by atoms with Crippen LogP contribution in [0.4, 0.5) is 0 Å². The normalized spacial score (nSPS) is 24.3. The molecular weight excluding hydrogens is 465 g/mol. The lowest BCUT2D eigenvalue weighted by Gasteiger charge is -2.31. The Morgan fingerprint density at radius 2 is 1.86 bits per heavy atom. The summed E-state index contributed by atoms with van der Waals surface area (Å²) in [6, 6.07) is 8.82. The number of aliphatic hydroxyl groups is 1. The molecule has 1 aromatic rings. The summed E-state index contributed by atoms with van der Waals surface area (Å²) in [6.45, 7) is 3.73. The maximum absolute atomic E-state index is 9.74. The molecule has 2 fully saturated rings. The minimum atomic E-state index is -0.130. The molecular formula is C22H36IN3O2. The molecule has 2 aliphatic rings. The molecule has 0 bridgehead atoms. The third-order valence-electron chi connectivity index (χ3n) is 6.16. The Balaban J connectivity index is 0.00000280. The summed E-state index contributed by atoms with van der Waals surface area (Å²) in [6.07, 6.45) is 8.44. The number of aliphatic imine (C=N–C) groups is 1. The van der Waals surface area contributed by atoms with Crippen LogP contribution < -0.4 is 15.4 Å². The number of nitrogens with one attached hydrogen (secondary N) is 2. The first-order chi connectivity index (χ1) is 13.2. The van der Waals surface area contributed by atoms with Crippen LogP contribution in [0.15, 0.2) is 29.3 Å². The molecule has 0 saturated heterocycles. The van der Waals surface area contributed by atoms with Crippen LogP contribution >= 0.6 is 24.0 Å². The molecule has 28 heavy (non-hydrogen) atoms. The van der Waals surface area contributed by atoms with Gasteiger partial charge in [0.05, 0.1) is 19.8 Å². The molecule has 0 amide bonds. The third kappa shape index (κ3) is 5.75. The van der Waals surface area contributed by atoms with E-state index >= 15 is 0 Å². The first kappa shape index (κ1) is 23.3. The van der Waals surface area contributed by atoms with Crippen LogP contribution in [0.2, 0.25) is 0 Å². The standard InChI is InChI=1S/C22H35N3O2.HI/c1-3-23-21(25-17-10-12-18(26)13-11-17)24-16-22(14-6-7-15-22)19-8-4-5-9-20(19)27-2;/h4-5,8-9,17-18,26H,3,6-7,10-16H2,1-2H3,(H2,23,24,25);1H. The van der Waals surface area contributed by atoms with Crippen LogP contribution in [-0.2, 0) is 5.41 Å². The number of nitrogens with zero attached hydrogens (tertiary/aromatic N) is 1. The number of guanidine groups is 1. The minimum absolute atomic E-state index is 0. The van der Waals surface area contributed by atoms with Gasteiger partial charge >= 0.3 is 0 Å². The van der Waals surface area contributed by atoms with Crippen LogP contribution in [0.5, 0.6) is 5.75 Å². The first-order valence-electron chi connectivity index (χ1n) is 10.5. The maximum atomic E-state index is 9.74. The highest BCUT2D eigenvalue weighted by Crippen LogP contribution is 2.44. The predicted molar refractivity (Wildman–Crippen MR) is 126 cm³/mol. The molecule has 2 saturated carbocycles. The molecule has 5 nitrogen and oxygen atoms in total. The summed E-state index contributed by atoms with van der Waals surface area (Å²) in [7, 11) is 1.76. The second-order valence-electron chi connectivity index (χ2n) is 8.03. The fourth-order valence-corrected chi connectivity index (χ4v) is 4.61. The van der Waals surface area contributed by atoms with Crippen LogP contribution in [-0.4, -0.2) is 43.4 Å². The van der Waals surface area contributed by atoms with E-state index in [-0.39, 0.29) is 35.5 Å². The number of hydrogen-bond donors (Lipinski definition) is 3. The molecule has 0 heterocycles. The first-order valence-corrected chi connectivity index (χ1v) is 10.5. The molecule has 0 aromatic heterocycles. The molecule has 2 aliphatic carbocycles. The van der Waals surface area contributed by atoms with Gasteiger partial charge in [-0.25, -0.2) is 0 Å². The van der Waals surface area contributed by atoms with Crippen molar-refractivity contribution in [3.8, 4) is 5.75 Å². The van der Waals surface area contributed by atoms with Gasteiger partial charge in [0.15, 0.2) is 5.96 Å². The molecule has 3 N–H and O–H groups in total. The number of rotatable bonds is 6. The molecule has 3 rings (SSSR count). The van der Waals surface area contributed by atoms with Gasteiger partial charge in [0, 0.05) is 23.6 Å². The van der Waals surface area contributed by atoms with E-state index in [0.29, 0.717) is 6.04 Å². The van der Waals surface area contributed by atoms with Crippen molar-refractivity contribution in [3.05, 3.63) is 29.8 Å². The predicted octanol–water partition coefficient (Wildman–Crippen LogP) is 3.98. The Labute approximate surface area is 186 Å². The lowest BCUT2D eigenvalue weighted by atomic mass is 9.78. The number of hydrogen-bond acceptors (Lipinski definition) is 3. The Hall–Kier alpha value is -1.02. The molecule has 0 radical (unpaired) electrons. The fourth-order valence-electron chi connectivity index (χ4n) is 4.61. The van der Waals surface area contributed by atoms with Crippen molar-refractivity contribution in [2.75, 3.05) is 20.2 Å². The second-order valence-corrected chi connectivity index (χ2v) is 8.03. The van der Waals surface area contributed by atoms with Gasteiger partial charge in [0.25, 0.3) is 0 Å². The highest BCUT2D eigenvalue weighted by Gasteiger charge is 2.37. The summed E-state index contributed by atoms with van der Waals surface area (Å²) < 4.78 is 5.67. The Morgan fingerprint density at radius 1 is 1.18 bits per heavy atom. The van der Waals surface area contributed by atoms with Crippen molar-refractivity contribution in [3.63, 3.8) is 0 Å². The number of methoxy groups -OCH3 is 1. The summed E-state index contributed by atoms with van der Waals surface area (Å²) in [4.78, 5) is 5.01. The largest absolute Gasteiger partial charge is 0.496 e. The zero-order valence-electron chi connectivity index (χ0n) is 17.2. The van der Waals surface area contributed by atoms with Crippen molar-refractivity contribution < 1.29 is 9.84 Å². The van der Waals surface area contributed by atoms with E-state index in [9.17, 15) is 5.11 Å². The van der Waals surface area contributed by atoms with Crippen LogP contribution in [0, 0.1) is 0 Å². The van der Waals surface area contributed by atoms with Crippen molar-refractivity contribution in [1.82, 2.24) is 10.6 Å². The number of halogens is 1. The summed E-state index contributed by atoms with van der Waals surface area (Å²) in [5.41, 5.74) is 1.36. The van der Waals surface area contributed by atoms with Crippen molar-refractivity contribution in [1.29, 1.82) is 0 Å². The minimum Gasteiger partial charge on any atom is -0.496 e. The zero-order chi connectivity index (χ0) is 19.1. The SMILES string of the molecule is CCNC(=NCC1(c2ccccc2OC)CCCC1)NC1CCC(O)CC1.I. The van der Waals surface area contributed by atoms with Gasteiger partial charge in [-0.15, -0.1) is 24.0 Å². The Morgan fingerprint density at radius 3 is 2.50 bits per heavy atom. The molecule has 158 valence electrons. The number of aliphatic hydroxyl groups excluding tert-OH is 1. The van der Waals surface area contributed by atoms with Gasteiger partial charge in [-0.3, -0.25) is 4.99 Å². The third-order valence-corrected chi connectivity index (χ3v) is 6.16. The molecule has 0 unspecified atom stereocenters.